The van der Waals surface area contributed by atoms with Crippen molar-refractivity contribution in [3.05, 3.63) is 33.7 Å². The normalized spacial score (nSPS) is 11.8. The van der Waals surface area contributed by atoms with Gasteiger partial charge in [0, 0.05) is 5.56 Å². The fourth-order valence-electron chi connectivity index (χ4n) is 1.43. The lowest BCUT2D eigenvalue weighted by Crippen LogP contribution is -2.10. The van der Waals surface area contributed by atoms with Gasteiger partial charge in [-0.15, -0.1) is 10.2 Å². The Bertz CT molecular complexity index is 482. The van der Waals surface area contributed by atoms with E-state index in [0.29, 0.717) is 0 Å². The van der Waals surface area contributed by atoms with E-state index in [9.17, 15) is 0 Å². The van der Waals surface area contributed by atoms with Crippen LogP contribution in [0.25, 0.3) is 10.6 Å². The van der Waals surface area contributed by atoms with Crippen LogP contribution < -0.4 is 0 Å². The molecule has 0 unspecified atom stereocenters. The van der Waals surface area contributed by atoms with Gasteiger partial charge in [0.05, 0.1) is 0 Å². The first kappa shape index (κ1) is 11.7. The van der Waals surface area contributed by atoms with Gasteiger partial charge in [0.2, 0.25) is 0 Å². The van der Waals surface area contributed by atoms with Crippen LogP contribution in [0.5, 0.6) is 0 Å². The predicted octanol–water partition coefficient (Wildman–Crippen LogP) is 4.27. The van der Waals surface area contributed by atoms with Gasteiger partial charge in [0.25, 0.3) is 0 Å². The Kier molecular flexibility index (Phi) is 3.13. The highest BCUT2D eigenvalue weighted by molar-refractivity contribution is 9.11. The standard InChI is InChI=1S/C12H13BrN2S/c1-12(2,3)9-6-4-8(5-7-9)10-14-15-11(13)16-10/h4-7H,1-3H3. The van der Waals surface area contributed by atoms with Gasteiger partial charge in [-0.05, 0) is 26.9 Å². The third-order valence-electron chi connectivity index (χ3n) is 2.40. The van der Waals surface area contributed by atoms with Gasteiger partial charge in [-0.1, -0.05) is 56.4 Å². The van der Waals surface area contributed by atoms with E-state index in [2.05, 4.69) is 71.2 Å². The number of nitrogens with zero attached hydrogens (tertiary/aromatic N) is 2. The molecule has 2 nitrogen and oxygen atoms in total. The van der Waals surface area contributed by atoms with Gasteiger partial charge in [-0.3, -0.25) is 0 Å². The van der Waals surface area contributed by atoms with Crippen molar-refractivity contribution in [1.29, 1.82) is 0 Å². The lowest BCUT2D eigenvalue weighted by atomic mass is 9.87. The summed E-state index contributed by atoms with van der Waals surface area (Å²) >= 11 is 4.87. The molecule has 84 valence electrons. The second-order valence-corrected chi connectivity index (χ2v) is 6.94. The fraction of sp³-hybridized carbons (Fsp3) is 0.333. The molecule has 2 rings (SSSR count). The van der Waals surface area contributed by atoms with Crippen molar-refractivity contribution in [3.63, 3.8) is 0 Å². The molecule has 0 aliphatic rings. The molecular formula is C12H13BrN2S. The molecule has 0 aliphatic heterocycles. The first-order valence-corrected chi connectivity index (χ1v) is 6.68. The summed E-state index contributed by atoms with van der Waals surface area (Å²) < 4.78 is 0.822. The van der Waals surface area contributed by atoms with Crippen LogP contribution in [0.1, 0.15) is 26.3 Å². The average molecular weight is 297 g/mol. The molecule has 1 aromatic carbocycles. The minimum absolute atomic E-state index is 0.195. The molecule has 0 saturated carbocycles. The monoisotopic (exact) mass is 296 g/mol. The van der Waals surface area contributed by atoms with Crippen molar-refractivity contribution in [2.45, 2.75) is 26.2 Å². The SMILES string of the molecule is CC(C)(C)c1ccc(-c2nnc(Br)s2)cc1. The lowest BCUT2D eigenvalue weighted by molar-refractivity contribution is 0.590. The Balaban J connectivity index is 2.33. The minimum Gasteiger partial charge on any atom is -0.137 e. The maximum Gasteiger partial charge on any atom is 0.183 e. The average Bonchev–Trinajstić information content (AvgIpc) is 2.64. The molecule has 0 radical (unpaired) electrons. The van der Waals surface area contributed by atoms with Gasteiger partial charge in [-0.25, -0.2) is 0 Å². The highest BCUT2D eigenvalue weighted by Crippen LogP contribution is 2.29. The third-order valence-corrected chi connectivity index (χ3v) is 3.80. The summed E-state index contributed by atoms with van der Waals surface area (Å²) in [6.45, 7) is 6.64. The maximum absolute atomic E-state index is 4.10. The number of benzene rings is 1. The molecule has 0 N–H and O–H groups in total. The molecule has 0 aliphatic carbocycles. The molecule has 0 fully saturated rings. The van der Waals surface area contributed by atoms with Crippen molar-refractivity contribution < 1.29 is 0 Å². The van der Waals surface area contributed by atoms with Crippen molar-refractivity contribution >= 4 is 27.3 Å². The summed E-state index contributed by atoms with van der Waals surface area (Å²) in [5, 5.41) is 9.00. The molecule has 0 saturated heterocycles. The number of hydrogen-bond acceptors (Lipinski definition) is 3. The van der Waals surface area contributed by atoms with Crippen LogP contribution in [0.2, 0.25) is 0 Å². The van der Waals surface area contributed by atoms with Gasteiger partial charge in [0.1, 0.15) is 5.01 Å². The third kappa shape index (κ3) is 2.50. The van der Waals surface area contributed by atoms with Crippen LogP contribution in [0.3, 0.4) is 0 Å². The number of halogens is 1. The smallest absolute Gasteiger partial charge is 0.137 e. The van der Waals surface area contributed by atoms with Crippen molar-refractivity contribution in [1.82, 2.24) is 10.2 Å². The van der Waals surface area contributed by atoms with E-state index in [1.807, 2.05) is 0 Å². The van der Waals surface area contributed by atoms with E-state index in [1.165, 1.54) is 5.56 Å². The molecule has 0 atom stereocenters. The zero-order valence-corrected chi connectivity index (χ0v) is 11.9. The molecule has 0 amide bonds. The summed E-state index contributed by atoms with van der Waals surface area (Å²) in [5.41, 5.74) is 2.65. The first-order chi connectivity index (χ1) is 7.47. The van der Waals surface area contributed by atoms with Crippen molar-refractivity contribution in [2.75, 3.05) is 0 Å². The van der Waals surface area contributed by atoms with Crippen LogP contribution in [-0.2, 0) is 5.41 Å². The topological polar surface area (TPSA) is 25.8 Å². The zero-order chi connectivity index (χ0) is 11.8. The van der Waals surface area contributed by atoms with Gasteiger partial charge in [-0.2, -0.15) is 0 Å². The molecule has 0 bridgehead atoms. The Morgan fingerprint density at radius 2 is 1.69 bits per heavy atom. The Labute approximate surface area is 108 Å². The largest absolute Gasteiger partial charge is 0.183 e. The van der Waals surface area contributed by atoms with Crippen LogP contribution in [0.15, 0.2) is 28.2 Å². The minimum atomic E-state index is 0.195. The van der Waals surface area contributed by atoms with E-state index in [4.69, 9.17) is 0 Å². The van der Waals surface area contributed by atoms with E-state index >= 15 is 0 Å². The maximum atomic E-state index is 4.10. The van der Waals surface area contributed by atoms with Gasteiger partial charge < -0.3 is 0 Å². The van der Waals surface area contributed by atoms with Crippen LogP contribution in [0, 0.1) is 0 Å². The Morgan fingerprint density at radius 1 is 1.06 bits per heavy atom. The fourth-order valence-corrected chi connectivity index (χ4v) is 2.55. The number of aromatic nitrogens is 2. The lowest BCUT2D eigenvalue weighted by Gasteiger charge is -2.18. The van der Waals surface area contributed by atoms with E-state index in [0.717, 1.165) is 14.5 Å². The highest BCUT2D eigenvalue weighted by Gasteiger charge is 2.13. The van der Waals surface area contributed by atoms with E-state index < -0.39 is 0 Å². The highest BCUT2D eigenvalue weighted by atomic mass is 79.9. The van der Waals surface area contributed by atoms with Crippen LogP contribution in [-0.4, -0.2) is 10.2 Å². The molecule has 1 heterocycles. The van der Waals surface area contributed by atoms with Crippen molar-refractivity contribution in [2.24, 2.45) is 0 Å². The summed E-state index contributed by atoms with van der Waals surface area (Å²) in [7, 11) is 0. The molecule has 0 spiro atoms. The molecule has 4 heteroatoms. The first-order valence-electron chi connectivity index (χ1n) is 5.07. The summed E-state index contributed by atoms with van der Waals surface area (Å²) in [5.74, 6) is 0. The quantitative estimate of drug-likeness (QED) is 0.785. The number of hydrogen-bond donors (Lipinski definition) is 0. The molecular weight excluding hydrogens is 284 g/mol. The Hall–Kier alpha value is -0.740. The van der Waals surface area contributed by atoms with Crippen molar-refractivity contribution in [3.8, 4) is 10.6 Å². The zero-order valence-electron chi connectivity index (χ0n) is 9.49. The van der Waals surface area contributed by atoms with Crippen LogP contribution >= 0.6 is 27.3 Å². The summed E-state index contributed by atoms with van der Waals surface area (Å²) in [4.78, 5) is 0. The predicted molar refractivity (Wildman–Crippen MR) is 71.7 cm³/mol. The molecule has 1 aromatic heterocycles. The Morgan fingerprint density at radius 3 is 2.12 bits per heavy atom. The number of rotatable bonds is 1. The second-order valence-electron chi connectivity index (χ2n) is 4.69. The summed E-state index contributed by atoms with van der Waals surface area (Å²) in [6.07, 6.45) is 0. The second kappa shape index (κ2) is 4.26. The van der Waals surface area contributed by atoms with E-state index in [1.54, 1.807) is 11.3 Å². The molecule has 2 aromatic rings. The van der Waals surface area contributed by atoms with Crippen LogP contribution in [0.4, 0.5) is 0 Å². The van der Waals surface area contributed by atoms with E-state index in [-0.39, 0.29) is 5.41 Å². The molecule has 16 heavy (non-hydrogen) atoms. The van der Waals surface area contributed by atoms with Gasteiger partial charge in [0.15, 0.2) is 3.92 Å². The summed E-state index contributed by atoms with van der Waals surface area (Å²) in [6, 6.07) is 8.52. The van der Waals surface area contributed by atoms with Gasteiger partial charge >= 0.3 is 0 Å².